The van der Waals surface area contributed by atoms with Gasteiger partial charge >= 0.3 is 0 Å². The second-order valence-electron chi connectivity index (χ2n) is 10.7. The molecule has 2 aliphatic carbocycles. The molecule has 2 atom stereocenters. The third kappa shape index (κ3) is 9.32. The molecule has 2 fully saturated rings. The topological polar surface area (TPSA) is 176 Å². The first kappa shape index (κ1) is 33.5. The highest BCUT2D eigenvalue weighted by molar-refractivity contribution is 8.93. The zero-order chi connectivity index (χ0) is 30.5. The Morgan fingerprint density at radius 2 is 1.27 bits per heavy atom. The molecule has 0 radical (unpaired) electrons. The van der Waals surface area contributed by atoms with Gasteiger partial charge in [0.1, 0.15) is 0 Å². The van der Waals surface area contributed by atoms with Crippen LogP contribution in [0, 0.1) is 20.2 Å². The average Bonchev–Trinajstić information content (AvgIpc) is 3.92. The molecule has 232 valence electrons. The zero-order valence-electron chi connectivity index (χ0n) is 23.5. The molecule has 0 bridgehead atoms. The molecule has 0 unspecified atom stereocenters. The van der Waals surface area contributed by atoms with E-state index in [0.29, 0.717) is 24.7 Å². The predicted octanol–water partition coefficient (Wildman–Crippen LogP) is 6.79. The molecule has 2 heterocycles. The number of benzene rings is 2. The van der Waals surface area contributed by atoms with Gasteiger partial charge in [0.2, 0.25) is 0 Å². The minimum absolute atomic E-state index is 0. The Labute approximate surface area is 278 Å². The van der Waals surface area contributed by atoms with Crippen molar-refractivity contribution in [2.45, 2.75) is 62.4 Å². The van der Waals surface area contributed by atoms with Crippen LogP contribution in [0.2, 0.25) is 0 Å². The van der Waals surface area contributed by atoms with Gasteiger partial charge in [-0.25, -0.2) is 9.97 Å². The fourth-order valence-electron chi connectivity index (χ4n) is 4.47. The van der Waals surface area contributed by atoms with Gasteiger partial charge in [0.25, 0.3) is 11.4 Å². The van der Waals surface area contributed by atoms with Gasteiger partial charge in [0.05, 0.1) is 43.3 Å². The normalized spacial score (nSPS) is 15.2. The molecule has 6 rings (SSSR count). The van der Waals surface area contributed by atoms with E-state index in [0.717, 1.165) is 22.5 Å². The van der Waals surface area contributed by atoms with E-state index in [2.05, 4.69) is 10.3 Å². The monoisotopic (exact) mass is 717 g/mol. The van der Waals surface area contributed by atoms with Gasteiger partial charge in [0.15, 0.2) is 5.11 Å². The average molecular weight is 719 g/mol. The maximum atomic E-state index is 10.7. The van der Waals surface area contributed by atoms with Crippen molar-refractivity contribution >= 4 is 68.4 Å². The number of nitro groups is 2. The Balaban J connectivity index is 0.000000198. The summed E-state index contributed by atoms with van der Waals surface area (Å²) >= 11 is 8.32. The summed E-state index contributed by atoms with van der Waals surface area (Å²) in [4.78, 5) is 29.8. The lowest BCUT2D eigenvalue weighted by molar-refractivity contribution is -0.385. The number of thiazole rings is 2. The van der Waals surface area contributed by atoms with Crippen LogP contribution in [0.15, 0.2) is 59.3 Å². The van der Waals surface area contributed by atoms with Gasteiger partial charge < -0.3 is 16.8 Å². The van der Waals surface area contributed by atoms with Crippen molar-refractivity contribution in [3.05, 3.63) is 112 Å². The lowest BCUT2D eigenvalue weighted by atomic mass is 10.0. The third-order valence-corrected chi connectivity index (χ3v) is 9.34. The van der Waals surface area contributed by atoms with Gasteiger partial charge in [-0.3, -0.25) is 20.2 Å². The van der Waals surface area contributed by atoms with Gasteiger partial charge in [-0.15, -0.1) is 39.7 Å². The van der Waals surface area contributed by atoms with E-state index in [9.17, 15) is 20.2 Å². The van der Waals surface area contributed by atoms with Crippen molar-refractivity contribution in [3.63, 3.8) is 0 Å². The maximum Gasteiger partial charge on any atom is 0.269 e. The summed E-state index contributed by atoms with van der Waals surface area (Å²) in [6.45, 7) is 0. The van der Waals surface area contributed by atoms with Crippen LogP contribution in [0.3, 0.4) is 0 Å². The van der Waals surface area contributed by atoms with Crippen LogP contribution in [0.4, 0.5) is 11.4 Å². The SMILES string of the molecule is Br.NC(=S)N[C@@H](Cc1ccc([N+](=O)[O-])cc1)c1csc(C2CC2)n1.N[C@@H](Cc1ccc([N+](=O)[O-])cc1)c1csc(C2CC2)n1. The molecule has 0 aliphatic heterocycles. The first-order valence-electron chi connectivity index (χ1n) is 13.8. The summed E-state index contributed by atoms with van der Waals surface area (Å²) in [7, 11) is 0. The molecule has 15 heteroatoms. The molecule has 2 saturated carbocycles. The predicted molar refractivity (Wildman–Crippen MR) is 182 cm³/mol. The molecule has 5 N–H and O–H groups in total. The second kappa shape index (κ2) is 15.1. The van der Waals surface area contributed by atoms with Crippen molar-refractivity contribution in [1.82, 2.24) is 15.3 Å². The fourth-order valence-corrected chi connectivity index (χ4v) is 6.71. The number of hydrogen-bond acceptors (Lipinski definition) is 10. The van der Waals surface area contributed by atoms with Gasteiger partial charge in [-0.1, -0.05) is 24.3 Å². The summed E-state index contributed by atoms with van der Waals surface area (Å²) in [6, 6.07) is 12.8. The second-order valence-corrected chi connectivity index (χ2v) is 12.9. The minimum Gasteiger partial charge on any atom is -0.376 e. The molecule has 2 aromatic carbocycles. The highest BCUT2D eigenvalue weighted by Gasteiger charge is 2.28. The van der Waals surface area contributed by atoms with E-state index in [1.807, 2.05) is 10.8 Å². The van der Waals surface area contributed by atoms with Gasteiger partial charge in [-0.05, 0) is 61.9 Å². The number of halogens is 1. The highest BCUT2D eigenvalue weighted by Crippen LogP contribution is 2.42. The van der Waals surface area contributed by atoms with E-state index in [1.54, 1.807) is 46.9 Å². The summed E-state index contributed by atoms with van der Waals surface area (Å²) in [5, 5.41) is 31.0. The first-order valence-corrected chi connectivity index (χ1v) is 16.0. The summed E-state index contributed by atoms with van der Waals surface area (Å²) in [5.74, 6) is 1.26. The number of nitrogens with zero attached hydrogens (tertiary/aromatic N) is 4. The van der Waals surface area contributed by atoms with Crippen molar-refractivity contribution in [2.24, 2.45) is 11.5 Å². The minimum atomic E-state index is -0.406. The summed E-state index contributed by atoms with van der Waals surface area (Å²) < 4.78 is 0. The fraction of sp³-hybridized carbons (Fsp3) is 0.345. The largest absolute Gasteiger partial charge is 0.376 e. The number of nitrogens with two attached hydrogens (primary N) is 2. The number of aromatic nitrogens is 2. The summed E-state index contributed by atoms with van der Waals surface area (Å²) in [6.07, 6.45) is 6.16. The molecule has 11 nitrogen and oxygen atoms in total. The molecule has 0 spiro atoms. The van der Waals surface area contributed by atoms with E-state index in [-0.39, 0.29) is 45.6 Å². The summed E-state index contributed by atoms with van der Waals surface area (Å²) in [5.41, 5.74) is 15.8. The number of rotatable bonds is 11. The van der Waals surface area contributed by atoms with E-state index >= 15 is 0 Å². The zero-order valence-corrected chi connectivity index (χ0v) is 27.7. The number of nitrogens with one attached hydrogen (secondary N) is 1. The first-order chi connectivity index (χ1) is 20.7. The van der Waals surface area contributed by atoms with Crippen molar-refractivity contribution in [3.8, 4) is 0 Å². The number of thiocarbonyl (C=S) groups is 1. The molecule has 0 saturated heterocycles. The standard InChI is InChI=1S/C15H16N4O2S2.C14H15N3O2S.BrH/c16-15(22)18-12(13-8-23-14(17-13)10-3-4-10)7-9-1-5-11(6-2-9)19(20)21;15-12(13-8-20-14(16-13)10-3-4-10)7-9-1-5-11(6-2-9)17(18)19;/h1-2,5-6,8,10,12H,3-4,7H2,(H3,16,18,22);1-2,5-6,8,10,12H,3-4,7,15H2;1H/t2*12-;/m00./s1. The van der Waals surface area contributed by atoms with Crippen molar-refractivity contribution in [2.75, 3.05) is 0 Å². The highest BCUT2D eigenvalue weighted by atomic mass is 79.9. The van der Waals surface area contributed by atoms with E-state index < -0.39 is 9.85 Å². The Bertz CT molecular complexity index is 1590. The van der Waals surface area contributed by atoms with Crippen LogP contribution in [-0.4, -0.2) is 24.9 Å². The van der Waals surface area contributed by atoms with E-state index in [1.165, 1.54) is 60.0 Å². The van der Waals surface area contributed by atoms with Gasteiger partial charge in [-0.2, -0.15) is 0 Å². The molecule has 2 aromatic heterocycles. The lowest BCUT2D eigenvalue weighted by Crippen LogP contribution is -2.34. The smallest absolute Gasteiger partial charge is 0.269 e. The van der Waals surface area contributed by atoms with Crippen molar-refractivity contribution < 1.29 is 9.85 Å². The Kier molecular flexibility index (Phi) is 11.5. The van der Waals surface area contributed by atoms with Crippen LogP contribution in [0.1, 0.15) is 82.1 Å². The Hall–Kier alpha value is -3.37. The lowest BCUT2D eigenvalue weighted by Gasteiger charge is -2.17. The molecule has 2 aliphatic rings. The van der Waals surface area contributed by atoms with Crippen LogP contribution in [0.25, 0.3) is 0 Å². The molecule has 44 heavy (non-hydrogen) atoms. The van der Waals surface area contributed by atoms with Crippen LogP contribution < -0.4 is 16.8 Å². The number of nitro benzene ring substituents is 2. The Morgan fingerprint density at radius 1 is 0.841 bits per heavy atom. The van der Waals surface area contributed by atoms with Crippen LogP contribution >= 0.6 is 51.9 Å². The van der Waals surface area contributed by atoms with Crippen LogP contribution in [0.5, 0.6) is 0 Å². The molecular formula is C29H32BrN7O4S3. The molecule has 0 amide bonds. The van der Waals surface area contributed by atoms with E-state index in [4.69, 9.17) is 28.7 Å². The van der Waals surface area contributed by atoms with Crippen LogP contribution in [-0.2, 0) is 12.8 Å². The quantitative estimate of drug-likeness (QED) is 0.0850. The maximum absolute atomic E-state index is 10.7. The number of hydrogen-bond donors (Lipinski definition) is 3. The Morgan fingerprint density at radius 3 is 1.70 bits per heavy atom. The third-order valence-electron chi connectivity index (χ3n) is 7.18. The van der Waals surface area contributed by atoms with Gasteiger partial charge in [0, 0.05) is 46.9 Å². The number of non-ortho nitro benzene ring substituents is 2. The molecule has 4 aromatic rings. The molecular weight excluding hydrogens is 686 g/mol. The van der Waals surface area contributed by atoms with Crippen molar-refractivity contribution in [1.29, 1.82) is 0 Å².